The van der Waals surface area contributed by atoms with Crippen molar-refractivity contribution in [1.82, 2.24) is 9.88 Å². The molecule has 0 spiro atoms. The van der Waals surface area contributed by atoms with E-state index in [1.54, 1.807) is 7.11 Å². The van der Waals surface area contributed by atoms with Gasteiger partial charge in [0.15, 0.2) is 0 Å². The van der Waals surface area contributed by atoms with Crippen LogP contribution in [0.25, 0.3) is 0 Å². The van der Waals surface area contributed by atoms with Crippen LogP contribution in [-0.4, -0.2) is 62.3 Å². The minimum Gasteiger partial charge on any atom is -0.497 e. The second-order valence-corrected chi connectivity index (χ2v) is 7.14. The number of anilines is 2. The van der Waals surface area contributed by atoms with Gasteiger partial charge in [0, 0.05) is 69.1 Å². The SMILES string of the molecule is COc1ccc(N2CCC(N3CCN(c4ccncc4)CC3)CC2)cc1. The van der Waals surface area contributed by atoms with E-state index in [2.05, 4.69) is 56.1 Å². The van der Waals surface area contributed by atoms with Crippen LogP contribution in [0, 0.1) is 0 Å². The molecule has 0 aliphatic carbocycles. The molecule has 0 saturated carbocycles. The van der Waals surface area contributed by atoms with E-state index in [-0.39, 0.29) is 0 Å². The maximum atomic E-state index is 5.26. The molecule has 0 atom stereocenters. The van der Waals surface area contributed by atoms with E-state index in [1.807, 2.05) is 12.4 Å². The van der Waals surface area contributed by atoms with Gasteiger partial charge in [-0.1, -0.05) is 0 Å². The topological polar surface area (TPSA) is 31.8 Å². The average molecular weight is 352 g/mol. The monoisotopic (exact) mass is 352 g/mol. The molecular weight excluding hydrogens is 324 g/mol. The molecule has 0 bridgehead atoms. The molecule has 1 aromatic heterocycles. The number of ether oxygens (including phenoxy) is 1. The summed E-state index contributed by atoms with van der Waals surface area (Å²) in [4.78, 5) is 11.8. The van der Waals surface area contributed by atoms with Crippen molar-refractivity contribution in [3.05, 3.63) is 48.8 Å². The van der Waals surface area contributed by atoms with Gasteiger partial charge in [-0.25, -0.2) is 0 Å². The maximum Gasteiger partial charge on any atom is 0.119 e. The fraction of sp³-hybridized carbons (Fsp3) is 0.476. The van der Waals surface area contributed by atoms with Crippen molar-refractivity contribution in [2.45, 2.75) is 18.9 Å². The van der Waals surface area contributed by atoms with Crippen LogP contribution in [0.5, 0.6) is 5.75 Å². The number of hydrogen-bond acceptors (Lipinski definition) is 5. The summed E-state index contributed by atoms with van der Waals surface area (Å²) >= 11 is 0. The van der Waals surface area contributed by atoms with Crippen molar-refractivity contribution >= 4 is 11.4 Å². The number of piperidine rings is 1. The molecule has 1 aromatic carbocycles. The minimum absolute atomic E-state index is 0.726. The number of nitrogens with zero attached hydrogens (tertiary/aromatic N) is 4. The first kappa shape index (κ1) is 17.2. The van der Waals surface area contributed by atoms with Gasteiger partial charge in [-0.3, -0.25) is 9.88 Å². The second-order valence-electron chi connectivity index (χ2n) is 7.14. The third-order valence-corrected chi connectivity index (χ3v) is 5.76. The molecule has 2 saturated heterocycles. The lowest BCUT2D eigenvalue weighted by Crippen LogP contribution is -2.53. The Hall–Kier alpha value is -2.27. The molecule has 0 unspecified atom stereocenters. The standard InChI is InChI=1S/C21H28N4O/c1-26-21-4-2-18(3-5-21)23-12-8-20(9-13-23)25-16-14-24(15-17-25)19-6-10-22-11-7-19/h2-7,10-11,20H,8-9,12-17H2,1H3. The van der Waals surface area contributed by atoms with Crippen molar-refractivity contribution in [3.8, 4) is 5.75 Å². The first-order chi connectivity index (χ1) is 12.8. The van der Waals surface area contributed by atoms with Crippen LogP contribution >= 0.6 is 0 Å². The molecule has 5 nitrogen and oxygen atoms in total. The molecule has 2 aromatic rings. The van der Waals surface area contributed by atoms with Gasteiger partial charge in [0.2, 0.25) is 0 Å². The first-order valence-corrected chi connectivity index (χ1v) is 9.61. The largest absolute Gasteiger partial charge is 0.497 e. The summed E-state index contributed by atoms with van der Waals surface area (Å²) in [6.45, 7) is 6.83. The van der Waals surface area contributed by atoms with E-state index in [4.69, 9.17) is 4.74 Å². The quantitative estimate of drug-likeness (QED) is 0.845. The Morgan fingerprint density at radius 2 is 1.35 bits per heavy atom. The average Bonchev–Trinajstić information content (AvgIpc) is 2.75. The molecule has 2 aliphatic rings. The summed E-state index contributed by atoms with van der Waals surface area (Å²) in [6, 6.07) is 13.4. The molecule has 2 fully saturated rings. The summed E-state index contributed by atoms with van der Waals surface area (Å²) < 4.78 is 5.26. The highest BCUT2D eigenvalue weighted by molar-refractivity contribution is 5.49. The van der Waals surface area contributed by atoms with Crippen LogP contribution in [0.15, 0.2) is 48.8 Å². The summed E-state index contributed by atoms with van der Waals surface area (Å²) in [7, 11) is 1.72. The van der Waals surface area contributed by atoms with Crippen LogP contribution in [0.3, 0.4) is 0 Å². The molecule has 0 radical (unpaired) electrons. The number of methoxy groups -OCH3 is 1. The Morgan fingerprint density at radius 3 is 1.96 bits per heavy atom. The summed E-state index contributed by atoms with van der Waals surface area (Å²) in [6.07, 6.45) is 6.27. The molecular formula is C21H28N4O. The van der Waals surface area contributed by atoms with Gasteiger partial charge in [0.25, 0.3) is 0 Å². The predicted octanol–water partition coefficient (Wildman–Crippen LogP) is 2.88. The molecule has 138 valence electrons. The number of hydrogen-bond donors (Lipinski definition) is 0. The van der Waals surface area contributed by atoms with Crippen LogP contribution in [0.2, 0.25) is 0 Å². The zero-order valence-corrected chi connectivity index (χ0v) is 15.6. The molecule has 0 amide bonds. The summed E-state index contributed by atoms with van der Waals surface area (Å²) in [5, 5.41) is 0. The Kier molecular flexibility index (Phi) is 5.25. The van der Waals surface area contributed by atoms with E-state index in [1.165, 1.54) is 24.2 Å². The molecule has 5 heteroatoms. The van der Waals surface area contributed by atoms with Gasteiger partial charge in [-0.15, -0.1) is 0 Å². The normalized spacial score (nSPS) is 19.6. The molecule has 3 heterocycles. The number of benzene rings is 1. The third kappa shape index (κ3) is 3.78. The minimum atomic E-state index is 0.726. The van der Waals surface area contributed by atoms with E-state index in [0.29, 0.717) is 0 Å². The zero-order chi connectivity index (χ0) is 17.8. The fourth-order valence-corrected chi connectivity index (χ4v) is 4.18. The number of piperazine rings is 1. The molecule has 4 rings (SSSR count). The summed E-state index contributed by atoms with van der Waals surface area (Å²) in [5.41, 5.74) is 2.61. The van der Waals surface area contributed by atoms with Gasteiger partial charge in [0.1, 0.15) is 5.75 Å². The Morgan fingerprint density at radius 1 is 0.769 bits per heavy atom. The second kappa shape index (κ2) is 7.96. The highest BCUT2D eigenvalue weighted by Crippen LogP contribution is 2.25. The maximum absolute atomic E-state index is 5.26. The zero-order valence-electron chi connectivity index (χ0n) is 15.6. The van der Waals surface area contributed by atoms with Crippen molar-refractivity contribution in [1.29, 1.82) is 0 Å². The number of rotatable bonds is 4. The van der Waals surface area contributed by atoms with Crippen molar-refractivity contribution in [2.75, 3.05) is 56.2 Å². The lowest BCUT2D eigenvalue weighted by molar-refractivity contribution is 0.160. The predicted molar refractivity (Wildman–Crippen MR) is 106 cm³/mol. The molecule has 0 N–H and O–H groups in total. The van der Waals surface area contributed by atoms with Gasteiger partial charge >= 0.3 is 0 Å². The van der Waals surface area contributed by atoms with E-state index in [0.717, 1.165) is 51.1 Å². The van der Waals surface area contributed by atoms with Crippen molar-refractivity contribution < 1.29 is 4.74 Å². The van der Waals surface area contributed by atoms with E-state index in [9.17, 15) is 0 Å². The Labute approximate surface area is 156 Å². The number of aromatic nitrogens is 1. The van der Waals surface area contributed by atoms with Crippen LogP contribution < -0.4 is 14.5 Å². The van der Waals surface area contributed by atoms with Gasteiger partial charge in [-0.05, 0) is 49.2 Å². The number of pyridine rings is 1. The first-order valence-electron chi connectivity index (χ1n) is 9.61. The van der Waals surface area contributed by atoms with Crippen molar-refractivity contribution in [2.24, 2.45) is 0 Å². The fourth-order valence-electron chi connectivity index (χ4n) is 4.18. The lowest BCUT2D eigenvalue weighted by atomic mass is 10.0. The Balaban J connectivity index is 1.27. The van der Waals surface area contributed by atoms with Crippen LogP contribution in [-0.2, 0) is 0 Å². The van der Waals surface area contributed by atoms with Gasteiger partial charge in [-0.2, -0.15) is 0 Å². The molecule has 26 heavy (non-hydrogen) atoms. The third-order valence-electron chi connectivity index (χ3n) is 5.76. The van der Waals surface area contributed by atoms with Crippen molar-refractivity contribution in [3.63, 3.8) is 0 Å². The van der Waals surface area contributed by atoms with Crippen LogP contribution in [0.4, 0.5) is 11.4 Å². The Bertz CT molecular complexity index is 675. The van der Waals surface area contributed by atoms with Gasteiger partial charge < -0.3 is 14.5 Å². The van der Waals surface area contributed by atoms with E-state index < -0.39 is 0 Å². The molecule has 2 aliphatic heterocycles. The summed E-state index contributed by atoms with van der Waals surface area (Å²) in [5.74, 6) is 0.927. The van der Waals surface area contributed by atoms with Gasteiger partial charge in [0.05, 0.1) is 7.11 Å². The smallest absolute Gasteiger partial charge is 0.119 e. The van der Waals surface area contributed by atoms with Crippen LogP contribution in [0.1, 0.15) is 12.8 Å². The lowest BCUT2D eigenvalue weighted by Gasteiger charge is -2.43. The highest BCUT2D eigenvalue weighted by atomic mass is 16.5. The van der Waals surface area contributed by atoms with E-state index >= 15 is 0 Å². The highest BCUT2D eigenvalue weighted by Gasteiger charge is 2.27.